The van der Waals surface area contributed by atoms with E-state index >= 15 is 0 Å². The molecular formula is C29H23F2N3O6. The van der Waals surface area contributed by atoms with Crippen LogP contribution in [0.15, 0.2) is 81.1 Å². The molecule has 1 aliphatic heterocycles. The van der Waals surface area contributed by atoms with Crippen LogP contribution >= 0.6 is 0 Å². The van der Waals surface area contributed by atoms with E-state index in [2.05, 4.69) is 19.8 Å². The molecule has 0 radical (unpaired) electrons. The van der Waals surface area contributed by atoms with Gasteiger partial charge >= 0.3 is 12.3 Å². The molecule has 40 heavy (non-hydrogen) atoms. The number of allylic oxidation sites excluding steroid dienone is 1. The van der Waals surface area contributed by atoms with Crippen molar-refractivity contribution in [1.29, 1.82) is 0 Å². The van der Waals surface area contributed by atoms with Gasteiger partial charge in [-0.25, -0.2) is 4.79 Å². The molecule has 1 atom stereocenters. The molecule has 9 nitrogen and oxygen atoms in total. The van der Waals surface area contributed by atoms with E-state index in [1.54, 1.807) is 24.3 Å². The number of fused-ring (bicyclic) bond motifs is 2. The van der Waals surface area contributed by atoms with Crippen molar-refractivity contribution in [3.05, 3.63) is 99.5 Å². The van der Waals surface area contributed by atoms with Gasteiger partial charge in [-0.3, -0.25) is 9.79 Å². The molecular weight excluding hydrogens is 524 g/mol. The van der Waals surface area contributed by atoms with Crippen LogP contribution in [0, 0.1) is 6.92 Å². The quantitative estimate of drug-likeness (QED) is 0.240. The summed E-state index contributed by atoms with van der Waals surface area (Å²) in [6.45, 7) is 3.66. The Morgan fingerprint density at radius 1 is 1.10 bits per heavy atom. The molecule has 0 spiro atoms. The Morgan fingerprint density at radius 2 is 1.85 bits per heavy atom. The van der Waals surface area contributed by atoms with Gasteiger partial charge in [0.25, 0.3) is 0 Å². The molecule has 4 aromatic rings. The lowest BCUT2D eigenvalue weighted by atomic mass is 10.00. The van der Waals surface area contributed by atoms with Crippen LogP contribution in [0.25, 0.3) is 16.5 Å². The van der Waals surface area contributed by atoms with Crippen LogP contribution in [0.2, 0.25) is 0 Å². The summed E-state index contributed by atoms with van der Waals surface area (Å²) in [4.78, 5) is 29.1. The summed E-state index contributed by atoms with van der Waals surface area (Å²) in [5.41, 5.74) is 8.27. The third-order valence-corrected chi connectivity index (χ3v) is 6.20. The molecule has 1 unspecified atom stereocenters. The van der Waals surface area contributed by atoms with E-state index in [1.165, 1.54) is 42.7 Å². The monoisotopic (exact) mass is 547 g/mol. The van der Waals surface area contributed by atoms with Crippen molar-refractivity contribution >= 4 is 40.1 Å². The number of carbonyl (C=O) groups is 1. The number of aryl methyl sites for hydroxylation is 1. The van der Waals surface area contributed by atoms with Crippen molar-refractivity contribution in [3.63, 3.8) is 0 Å². The molecule has 204 valence electrons. The zero-order valence-corrected chi connectivity index (χ0v) is 21.3. The first-order valence-corrected chi connectivity index (χ1v) is 12.1. The molecule has 0 aliphatic carbocycles. The summed E-state index contributed by atoms with van der Waals surface area (Å²) in [6, 6.07) is 14.9. The summed E-state index contributed by atoms with van der Waals surface area (Å²) < 4.78 is 41.7. The lowest BCUT2D eigenvalue weighted by molar-refractivity contribution is -0.286. The van der Waals surface area contributed by atoms with Gasteiger partial charge in [-0.05, 0) is 49.7 Å². The molecule has 0 saturated carbocycles. The number of alkyl halides is 2. The predicted molar refractivity (Wildman–Crippen MR) is 146 cm³/mol. The maximum absolute atomic E-state index is 13.3. The third-order valence-electron chi connectivity index (χ3n) is 6.20. The Bertz CT molecular complexity index is 1760. The molecule has 1 aromatic heterocycles. The van der Waals surface area contributed by atoms with E-state index in [0.717, 1.165) is 5.56 Å². The number of carboxylic acids is 1. The SMILES string of the molecule is Cc1cc(C(C)Nc2ccccc2C(=O)O)c2oc(/C(C=Nc3ccc4c(c3)OC(F)(F)O4)=C/N)cc(=O)c2c1. The predicted octanol–water partition coefficient (Wildman–Crippen LogP) is 6.00. The average Bonchev–Trinajstić information content (AvgIpc) is 3.22. The van der Waals surface area contributed by atoms with Crippen molar-refractivity contribution in [2.24, 2.45) is 10.7 Å². The molecule has 0 amide bonds. The molecule has 4 N–H and O–H groups in total. The van der Waals surface area contributed by atoms with Crippen molar-refractivity contribution in [2.75, 3.05) is 5.32 Å². The normalized spacial score (nSPS) is 14.9. The highest BCUT2D eigenvalue weighted by Crippen LogP contribution is 2.42. The van der Waals surface area contributed by atoms with Gasteiger partial charge in [-0.1, -0.05) is 18.2 Å². The minimum absolute atomic E-state index is 0.102. The van der Waals surface area contributed by atoms with Gasteiger partial charge < -0.3 is 30.0 Å². The molecule has 5 rings (SSSR count). The number of anilines is 1. The molecule has 0 fully saturated rings. The minimum Gasteiger partial charge on any atom is -0.478 e. The second-order valence-electron chi connectivity index (χ2n) is 9.10. The zero-order chi connectivity index (χ0) is 28.6. The first-order valence-electron chi connectivity index (χ1n) is 12.1. The van der Waals surface area contributed by atoms with Gasteiger partial charge in [0, 0.05) is 35.8 Å². The van der Waals surface area contributed by atoms with E-state index in [1.807, 2.05) is 19.9 Å². The van der Waals surface area contributed by atoms with Gasteiger partial charge in [0.2, 0.25) is 0 Å². The summed E-state index contributed by atoms with van der Waals surface area (Å²) >= 11 is 0. The van der Waals surface area contributed by atoms with Gasteiger partial charge in [0.05, 0.1) is 28.3 Å². The van der Waals surface area contributed by atoms with Crippen LogP contribution in [-0.4, -0.2) is 23.6 Å². The van der Waals surface area contributed by atoms with E-state index in [9.17, 15) is 23.5 Å². The van der Waals surface area contributed by atoms with Crippen LogP contribution in [-0.2, 0) is 0 Å². The van der Waals surface area contributed by atoms with E-state index in [0.29, 0.717) is 22.2 Å². The molecule has 3 aromatic carbocycles. The zero-order valence-electron chi connectivity index (χ0n) is 21.3. The highest BCUT2D eigenvalue weighted by Gasteiger charge is 2.43. The maximum Gasteiger partial charge on any atom is 0.586 e. The molecule has 1 aliphatic rings. The van der Waals surface area contributed by atoms with Gasteiger partial charge in [-0.15, -0.1) is 8.78 Å². The van der Waals surface area contributed by atoms with E-state index < -0.39 is 18.3 Å². The molecule has 0 bridgehead atoms. The average molecular weight is 548 g/mol. The fourth-order valence-electron chi connectivity index (χ4n) is 4.36. The first kappa shape index (κ1) is 26.4. The number of rotatable bonds is 7. The minimum atomic E-state index is -3.75. The number of nitrogens with one attached hydrogen (secondary N) is 1. The topological polar surface area (TPSA) is 136 Å². The largest absolute Gasteiger partial charge is 0.586 e. The standard InChI is InChI=1S/C29H23F2N3O6/c1-15-9-20(16(2)34-22-6-4-3-5-19(22)28(36)37)27-21(10-15)23(35)12-25(38-27)17(13-32)14-33-18-7-8-24-26(11-18)40-29(30,31)39-24/h3-14,16,34H,32H2,1-2H3,(H,36,37)/b17-13+,33-14?. The van der Waals surface area contributed by atoms with E-state index in [4.69, 9.17) is 10.2 Å². The van der Waals surface area contributed by atoms with Crippen LogP contribution in [0.3, 0.4) is 0 Å². The van der Waals surface area contributed by atoms with E-state index in [-0.39, 0.29) is 39.5 Å². The third kappa shape index (κ3) is 5.21. The molecule has 11 heteroatoms. The highest BCUT2D eigenvalue weighted by molar-refractivity contribution is 6.09. The highest BCUT2D eigenvalue weighted by atomic mass is 19.3. The Morgan fingerprint density at radius 3 is 2.60 bits per heavy atom. The fourth-order valence-corrected chi connectivity index (χ4v) is 4.36. The lowest BCUT2D eigenvalue weighted by Gasteiger charge is -2.19. The maximum atomic E-state index is 13.3. The number of hydrogen-bond acceptors (Lipinski definition) is 8. The number of aliphatic imine (C=N–C) groups is 1. The Balaban J connectivity index is 1.50. The Hall–Kier alpha value is -5.19. The van der Waals surface area contributed by atoms with Crippen molar-refractivity contribution in [1.82, 2.24) is 0 Å². The summed E-state index contributed by atoms with van der Waals surface area (Å²) in [7, 11) is 0. The van der Waals surface area contributed by atoms with Gasteiger partial charge in [0.1, 0.15) is 11.3 Å². The number of para-hydroxylation sites is 1. The van der Waals surface area contributed by atoms with Crippen LogP contribution in [0.4, 0.5) is 20.2 Å². The number of halogens is 2. The Labute approximate surface area is 226 Å². The number of aromatic carboxylic acids is 1. The van der Waals surface area contributed by atoms with Crippen molar-refractivity contribution in [3.8, 4) is 11.5 Å². The summed E-state index contributed by atoms with van der Waals surface area (Å²) in [5, 5.41) is 13.1. The number of carboxylic acid groups (broad SMARTS) is 1. The van der Waals surface area contributed by atoms with Gasteiger partial charge in [0.15, 0.2) is 16.9 Å². The number of ether oxygens (including phenoxy) is 2. The fraction of sp³-hybridized carbons (Fsp3) is 0.138. The second kappa shape index (κ2) is 10.2. The Kier molecular flexibility index (Phi) is 6.72. The van der Waals surface area contributed by atoms with Crippen molar-refractivity contribution in [2.45, 2.75) is 26.2 Å². The number of benzene rings is 3. The summed E-state index contributed by atoms with van der Waals surface area (Å²) in [5.74, 6) is -1.23. The molecule has 0 saturated heterocycles. The lowest BCUT2D eigenvalue weighted by Crippen LogP contribution is -2.25. The molecule has 2 heterocycles. The number of nitrogens with two attached hydrogens (primary N) is 1. The van der Waals surface area contributed by atoms with Crippen LogP contribution in [0.1, 0.15) is 40.2 Å². The van der Waals surface area contributed by atoms with Crippen LogP contribution < -0.4 is 26.0 Å². The van der Waals surface area contributed by atoms with Crippen molar-refractivity contribution < 1.29 is 32.6 Å². The number of nitrogens with zero attached hydrogens (tertiary/aromatic N) is 1. The first-order chi connectivity index (χ1) is 19.0. The van der Waals surface area contributed by atoms with Crippen LogP contribution in [0.5, 0.6) is 11.5 Å². The van der Waals surface area contributed by atoms with Gasteiger partial charge in [-0.2, -0.15) is 0 Å². The smallest absolute Gasteiger partial charge is 0.478 e. The second-order valence-corrected chi connectivity index (χ2v) is 9.10. The number of hydrogen-bond donors (Lipinski definition) is 3. The summed E-state index contributed by atoms with van der Waals surface area (Å²) in [6.07, 6.45) is -1.22.